The lowest BCUT2D eigenvalue weighted by Gasteiger charge is -2.26. The smallest absolute Gasteiger partial charge is 0.404 e. The average Bonchev–Trinajstić information content (AvgIpc) is 2.02. The molecule has 0 aliphatic carbocycles. The van der Waals surface area contributed by atoms with Crippen LogP contribution in [0.15, 0.2) is 0 Å². The van der Waals surface area contributed by atoms with Crippen molar-refractivity contribution in [1.29, 1.82) is 0 Å². The van der Waals surface area contributed by atoms with Gasteiger partial charge in [-0.1, -0.05) is 13.8 Å². The van der Waals surface area contributed by atoms with Crippen molar-refractivity contribution in [2.75, 3.05) is 13.2 Å². The number of hydrogen-bond donors (Lipinski definition) is 4. The van der Waals surface area contributed by atoms with E-state index in [1.165, 1.54) is 0 Å². The van der Waals surface area contributed by atoms with Gasteiger partial charge in [-0.05, 0) is 11.8 Å². The van der Waals surface area contributed by atoms with Crippen LogP contribution in [0.1, 0.15) is 20.3 Å². The zero-order chi connectivity index (χ0) is 10.5. The Labute approximate surface area is 77.4 Å². The second-order valence-corrected chi connectivity index (χ2v) is 3.86. The Morgan fingerprint density at radius 2 is 2.00 bits per heavy atom. The van der Waals surface area contributed by atoms with Gasteiger partial charge in [-0.2, -0.15) is 0 Å². The summed E-state index contributed by atoms with van der Waals surface area (Å²) in [7, 11) is 0. The molecule has 0 aromatic carbocycles. The van der Waals surface area contributed by atoms with Gasteiger partial charge in [0.1, 0.15) is 0 Å². The number of nitrogens with one attached hydrogen (secondary N) is 1. The Morgan fingerprint density at radius 1 is 1.46 bits per heavy atom. The molecule has 0 saturated heterocycles. The van der Waals surface area contributed by atoms with Crippen molar-refractivity contribution in [3.8, 4) is 0 Å². The Kier molecular flexibility index (Phi) is 4.72. The number of rotatable bonds is 5. The third-order valence-electron chi connectivity index (χ3n) is 1.78. The quantitative estimate of drug-likeness (QED) is 0.493. The zero-order valence-corrected chi connectivity index (χ0v) is 7.95. The van der Waals surface area contributed by atoms with E-state index < -0.39 is 12.1 Å². The van der Waals surface area contributed by atoms with Gasteiger partial charge in [0.25, 0.3) is 0 Å². The summed E-state index contributed by atoms with van der Waals surface area (Å²) in [5, 5.41) is 28.3. The van der Waals surface area contributed by atoms with Crippen molar-refractivity contribution >= 4 is 6.09 Å². The predicted molar refractivity (Wildman–Crippen MR) is 47.5 cm³/mol. The number of aliphatic hydroxyl groups excluding tert-OH is 2. The molecule has 5 heteroatoms. The van der Waals surface area contributed by atoms with Gasteiger partial charge in [-0.3, -0.25) is 0 Å². The summed E-state index contributed by atoms with van der Waals surface area (Å²) < 4.78 is 0. The maximum atomic E-state index is 10.3. The van der Waals surface area contributed by atoms with Gasteiger partial charge in [-0.15, -0.1) is 0 Å². The molecule has 1 amide bonds. The summed E-state index contributed by atoms with van der Waals surface area (Å²) in [4.78, 5) is 10.3. The molecule has 0 fully saturated rings. The first-order chi connectivity index (χ1) is 5.91. The van der Waals surface area contributed by atoms with E-state index in [1.54, 1.807) is 13.8 Å². The maximum Gasteiger partial charge on any atom is 0.404 e. The van der Waals surface area contributed by atoms with Crippen molar-refractivity contribution in [1.82, 2.24) is 5.32 Å². The lowest BCUT2D eigenvalue weighted by atomic mass is 9.87. The van der Waals surface area contributed by atoms with Crippen LogP contribution in [0.4, 0.5) is 4.79 Å². The Hall–Kier alpha value is -0.810. The number of carbonyl (C=O) groups is 1. The van der Waals surface area contributed by atoms with Crippen molar-refractivity contribution in [3.05, 3.63) is 0 Å². The van der Waals surface area contributed by atoms with Crippen LogP contribution in [-0.4, -0.2) is 40.7 Å². The van der Waals surface area contributed by atoms with E-state index in [1.807, 2.05) is 0 Å². The average molecular weight is 191 g/mol. The standard InChI is InChI=1S/C8H17NO4/c1-8(2,5-11)3-6(4-10)9-7(12)13/h6,9-11H,3-5H2,1-2H3,(H,12,13)/t6-/m0/s1. The highest BCUT2D eigenvalue weighted by molar-refractivity contribution is 5.64. The van der Waals surface area contributed by atoms with E-state index in [0.29, 0.717) is 6.42 Å². The monoisotopic (exact) mass is 191 g/mol. The molecule has 78 valence electrons. The molecule has 0 saturated carbocycles. The van der Waals surface area contributed by atoms with Crippen LogP contribution in [-0.2, 0) is 0 Å². The minimum absolute atomic E-state index is 0.0369. The molecule has 1 atom stereocenters. The summed E-state index contributed by atoms with van der Waals surface area (Å²) in [5.74, 6) is 0. The molecule has 5 nitrogen and oxygen atoms in total. The molecule has 4 N–H and O–H groups in total. The van der Waals surface area contributed by atoms with Gasteiger partial charge < -0.3 is 20.6 Å². The third kappa shape index (κ3) is 5.43. The highest BCUT2D eigenvalue weighted by Gasteiger charge is 2.23. The van der Waals surface area contributed by atoms with Gasteiger partial charge in [-0.25, -0.2) is 4.79 Å². The fraction of sp³-hybridized carbons (Fsp3) is 0.875. The van der Waals surface area contributed by atoms with Crippen molar-refractivity contribution in [2.45, 2.75) is 26.3 Å². The molecule has 0 rings (SSSR count). The second kappa shape index (κ2) is 5.04. The second-order valence-electron chi connectivity index (χ2n) is 3.86. The molecular formula is C8H17NO4. The van der Waals surface area contributed by atoms with E-state index in [-0.39, 0.29) is 18.6 Å². The fourth-order valence-electron chi connectivity index (χ4n) is 1.07. The molecule has 0 unspecified atom stereocenters. The number of hydrogen-bond acceptors (Lipinski definition) is 3. The van der Waals surface area contributed by atoms with Crippen LogP contribution in [0.2, 0.25) is 0 Å². The molecule has 0 aliphatic rings. The molecule has 0 radical (unpaired) electrons. The first-order valence-corrected chi connectivity index (χ1v) is 4.12. The number of carboxylic acid groups (broad SMARTS) is 1. The molecule has 0 aromatic heterocycles. The Balaban J connectivity index is 4.04. The van der Waals surface area contributed by atoms with E-state index >= 15 is 0 Å². The molecule has 0 bridgehead atoms. The molecular weight excluding hydrogens is 174 g/mol. The normalized spacial score (nSPS) is 13.8. The van der Waals surface area contributed by atoms with Gasteiger partial charge in [0.15, 0.2) is 0 Å². The van der Waals surface area contributed by atoms with Gasteiger partial charge in [0.05, 0.1) is 12.6 Å². The SMILES string of the molecule is CC(C)(CO)C[C@@H](CO)NC(=O)O. The molecule has 0 aromatic rings. The van der Waals surface area contributed by atoms with Crippen LogP contribution < -0.4 is 5.32 Å². The minimum atomic E-state index is -1.16. The van der Waals surface area contributed by atoms with Gasteiger partial charge in [0, 0.05) is 6.61 Å². The number of amides is 1. The minimum Gasteiger partial charge on any atom is -0.465 e. The van der Waals surface area contributed by atoms with Gasteiger partial charge in [0.2, 0.25) is 0 Å². The van der Waals surface area contributed by atoms with Crippen molar-refractivity contribution in [3.63, 3.8) is 0 Å². The summed E-state index contributed by atoms with van der Waals surface area (Å²) in [6, 6.07) is -0.514. The lowest BCUT2D eigenvalue weighted by molar-refractivity contribution is 0.115. The fourth-order valence-corrected chi connectivity index (χ4v) is 1.07. The first-order valence-electron chi connectivity index (χ1n) is 4.12. The summed E-state index contributed by atoms with van der Waals surface area (Å²) in [6.45, 7) is 3.32. The van der Waals surface area contributed by atoms with E-state index in [4.69, 9.17) is 15.3 Å². The molecule has 0 aliphatic heterocycles. The summed E-state index contributed by atoms with van der Waals surface area (Å²) in [5.41, 5.74) is -0.379. The molecule has 0 heterocycles. The maximum absolute atomic E-state index is 10.3. The van der Waals surface area contributed by atoms with Gasteiger partial charge >= 0.3 is 6.09 Å². The molecule has 0 spiro atoms. The topological polar surface area (TPSA) is 89.8 Å². The number of aliphatic hydroxyl groups is 2. The highest BCUT2D eigenvalue weighted by atomic mass is 16.4. The predicted octanol–water partition coefficient (Wildman–Crippen LogP) is 0.0235. The lowest BCUT2D eigenvalue weighted by Crippen LogP contribution is -2.40. The summed E-state index contributed by atoms with van der Waals surface area (Å²) in [6.07, 6.45) is -0.750. The van der Waals surface area contributed by atoms with Crippen LogP contribution in [0.25, 0.3) is 0 Å². The Morgan fingerprint density at radius 3 is 2.31 bits per heavy atom. The zero-order valence-electron chi connectivity index (χ0n) is 7.95. The molecule has 13 heavy (non-hydrogen) atoms. The van der Waals surface area contributed by atoms with Crippen LogP contribution in [0, 0.1) is 5.41 Å². The van der Waals surface area contributed by atoms with E-state index in [2.05, 4.69) is 5.32 Å². The van der Waals surface area contributed by atoms with Crippen molar-refractivity contribution in [2.24, 2.45) is 5.41 Å². The van der Waals surface area contributed by atoms with Crippen LogP contribution in [0.3, 0.4) is 0 Å². The van der Waals surface area contributed by atoms with E-state index in [0.717, 1.165) is 0 Å². The first kappa shape index (κ1) is 12.2. The van der Waals surface area contributed by atoms with Crippen LogP contribution in [0.5, 0.6) is 0 Å². The largest absolute Gasteiger partial charge is 0.465 e. The van der Waals surface area contributed by atoms with Crippen LogP contribution >= 0.6 is 0 Å². The highest BCUT2D eigenvalue weighted by Crippen LogP contribution is 2.20. The van der Waals surface area contributed by atoms with E-state index in [9.17, 15) is 4.79 Å². The van der Waals surface area contributed by atoms with Crippen molar-refractivity contribution < 1.29 is 20.1 Å². The summed E-state index contributed by atoms with van der Waals surface area (Å²) >= 11 is 0. The third-order valence-corrected chi connectivity index (χ3v) is 1.78. The Bertz CT molecular complexity index is 170.